The van der Waals surface area contributed by atoms with Crippen LogP contribution in [0.2, 0.25) is 0 Å². The van der Waals surface area contributed by atoms with E-state index in [1.165, 1.54) is 5.32 Å². The largest absolute Gasteiger partial charge is 0.415 e. The van der Waals surface area contributed by atoms with E-state index in [9.17, 15) is 30.7 Å². The lowest BCUT2D eigenvalue weighted by Crippen LogP contribution is -2.70. The second kappa shape index (κ2) is 3.40. The first kappa shape index (κ1) is 13.2. The van der Waals surface area contributed by atoms with Crippen molar-refractivity contribution in [3.05, 3.63) is 0 Å². The minimum atomic E-state index is -5.56. The van der Waals surface area contributed by atoms with Gasteiger partial charge in [-0.05, 0) is 6.42 Å². The number of fused-ring (bicyclic) bond motifs is 2. The SMILES string of the molecule is F[C@@H]1C[C@H]2[C@@H](Cl)[C@@H]1NC2(C(F)(F)F)C(F)(F)F. The molecule has 1 saturated heterocycles. The second-order valence-electron chi connectivity index (χ2n) is 4.28. The fraction of sp³-hybridized carbons (Fsp3) is 1.00. The second-order valence-corrected chi connectivity index (χ2v) is 4.78. The fourth-order valence-corrected chi connectivity index (χ4v) is 3.18. The molecule has 1 aliphatic heterocycles. The summed E-state index contributed by atoms with van der Waals surface area (Å²) in [4.78, 5) is 0. The Morgan fingerprint density at radius 1 is 1.06 bits per heavy atom. The van der Waals surface area contributed by atoms with Gasteiger partial charge < -0.3 is 0 Å². The monoisotopic (exact) mass is 285 g/mol. The maximum absolute atomic E-state index is 13.1. The smallest absolute Gasteiger partial charge is 0.289 e. The minimum absolute atomic E-state index is 0.829. The number of hydrogen-bond donors (Lipinski definition) is 1. The zero-order chi connectivity index (χ0) is 13.2. The highest BCUT2D eigenvalue weighted by atomic mass is 35.5. The number of alkyl halides is 8. The summed E-state index contributed by atoms with van der Waals surface area (Å²) < 4.78 is 89.3. The van der Waals surface area contributed by atoms with Gasteiger partial charge in [-0.25, -0.2) is 4.39 Å². The van der Waals surface area contributed by atoms with Gasteiger partial charge in [0.1, 0.15) is 6.17 Å². The van der Waals surface area contributed by atoms with Crippen molar-refractivity contribution in [2.24, 2.45) is 5.92 Å². The molecule has 0 radical (unpaired) electrons. The van der Waals surface area contributed by atoms with E-state index in [4.69, 9.17) is 11.6 Å². The summed E-state index contributed by atoms with van der Waals surface area (Å²) in [5, 5.41) is -0.180. The van der Waals surface area contributed by atoms with Crippen LogP contribution in [0.15, 0.2) is 0 Å². The van der Waals surface area contributed by atoms with Gasteiger partial charge in [0.2, 0.25) is 5.54 Å². The van der Waals surface area contributed by atoms with Crippen molar-refractivity contribution in [1.82, 2.24) is 5.32 Å². The summed E-state index contributed by atoms with van der Waals surface area (Å²) in [6.45, 7) is 0. The van der Waals surface area contributed by atoms with Crippen LogP contribution >= 0.6 is 11.6 Å². The average Bonchev–Trinajstić information content (AvgIpc) is 2.53. The predicted octanol–water partition coefficient (Wildman–Crippen LogP) is 2.79. The normalized spacial score (nSPS) is 40.9. The number of piperidine rings is 1. The molecule has 0 spiro atoms. The summed E-state index contributed by atoms with van der Waals surface area (Å²) in [5.41, 5.74) is -4.08. The molecule has 0 aromatic heterocycles. The molecule has 0 amide bonds. The van der Waals surface area contributed by atoms with Gasteiger partial charge in [-0.2, -0.15) is 26.3 Å². The van der Waals surface area contributed by atoms with Gasteiger partial charge >= 0.3 is 12.4 Å². The van der Waals surface area contributed by atoms with Gasteiger partial charge in [0.25, 0.3) is 0 Å². The van der Waals surface area contributed by atoms with E-state index in [0.29, 0.717) is 0 Å². The van der Waals surface area contributed by atoms with Crippen molar-refractivity contribution in [2.45, 2.75) is 41.9 Å². The molecule has 4 atom stereocenters. The maximum Gasteiger partial charge on any atom is 0.415 e. The first-order valence-electron chi connectivity index (χ1n) is 4.71. The van der Waals surface area contributed by atoms with Gasteiger partial charge in [-0.1, -0.05) is 0 Å². The zero-order valence-corrected chi connectivity index (χ0v) is 8.80. The Hall–Kier alpha value is -0.240. The maximum atomic E-state index is 13.1. The fourth-order valence-electron chi connectivity index (χ4n) is 2.67. The third-order valence-corrected chi connectivity index (χ3v) is 4.02. The van der Waals surface area contributed by atoms with E-state index in [0.717, 1.165) is 0 Å². The molecule has 1 aliphatic carbocycles. The van der Waals surface area contributed by atoms with Crippen molar-refractivity contribution >= 4 is 11.6 Å². The Balaban J connectivity index is 2.48. The lowest BCUT2D eigenvalue weighted by atomic mass is 9.82. The van der Waals surface area contributed by atoms with Crippen LogP contribution in [-0.2, 0) is 0 Å². The molecule has 2 rings (SSSR count). The van der Waals surface area contributed by atoms with Crippen LogP contribution in [0, 0.1) is 5.92 Å². The van der Waals surface area contributed by atoms with E-state index in [1.807, 2.05) is 0 Å². The summed E-state index contributed by atoms with van der Waals surface area (Å²) in [6, 6.07) is -1.61. The van der Waals surface area contributed by atoms with Crippen LogP contribution in [0.25, 0.3) is 0 Å². The standard InChI is InChI=1S/C8H7ClF7N/c9-4-2-1-3(10)5(4)17-6(2,7(11,12)13)8(14,15)16/h2-5,17H,1H2/t2-,3+,4+,5+/m0/s1. The summed E-state index contributed by atoms with van der Waals surface area (Å²) in [7, 11) is 0. The first-order chi connectivity index (χ1) is 7.52. The predicted molar refractivity (Wildman–Crippen MR) is 44.4 cm³/mol. The molecule has 1 saturated carbocycles. The number of rotatable bonds is 0. The van der Waals surface area contributed by atoms with Crippen LogP contribution in [0.4, 0.5) is 30.7 Å². The highest BCUT2D eigenvalue weighted by molar-refractivity contribution is 6.22. The van der Waals surface area contributed by atoms with Crippen LogP contribution < -0.4 is 5.32 Å². The van der Waals surface area contributed by atoms with E-state index in [2.05, 4.69) is 0 Å². The van der Waals surface area contributed by atoms with Crippen LogP contribution in [0.3, 0.4) is 0 Å². The molecule has 0 aromatic carbocycles. The summed E-state index contributed by atoms with van der Waals surface area (Å²) in [5.74, 6) is -2.02. The molecule has 0 aromatic rings. The van der Waals surface area contributed by atoms with Gasteiger partial charge in [-0.3, -0.25) is 5.32 Å². The zero-order valence-electron chi connectivity index (χ0n) is 8.04. The van der Waals surface area contributed by atoms with Crippen molar-refractivity contribution in [3.63, 3.8) is 0 Å². The highest BCUT2D eigenvalue weighted by Crippen LogP contribution is 2.58. The van der Waals surface area contributed by atoms with Crippen molar-refractivity contribution < 1.29 is 30.7 Å². The van der Waals surface area contributed by atoms with E-state index in [-0.39, 0.29) is 0 Å². The van der Waals surface area contributed by atoms with Gasteiger partial charge in [-0.15, -0.1) is 11.6 Å². The van der Waals surface area contributed by atoms with Crippen LogP contribution in [0.5, 0.6) is 0 Å². The molecule has 1 nitrogen and oxygen atoms in total. The minimum Gasteiger partial charge on any atom is -0.289 e. The van der Waals surface area contributed by atoms with Crippen molar-refractivity contribution in [3.8, 4) is 0 Å². The van der Waals surface area contributed by atoms with E-state index < -0.39 is 47.8 Å². The summed E-state index contributed by atoms with van der Waals surface area (Å²) in [6.07, 6.45) is -13.7. The number of nitrogens with one attached hydrogen (secondary N) is 1. The lowest BCUT2D eigenvalue weighted by Gasteiger charge is -2.41. The van der Waals surface area contributed by atoms with Gasteiger partial charge in [0, 0.05) is 5.92 Å². The van der Waals surface area contributed by atoms with Crippen molar-refractivity contribution in [2.75, 3.05) is 0 Å². The number of hydrogen-bond acceptors (Lipinski definition) is 1. The Labute approximate surface area is 96.3 Å². The van der Waals surface area contributed by atoms with Crippen LogP contribution in [0.1, 0.15) is 6.42 Å². The Morgan fingerprint density at radius 3 is 1.76 bits per heavy atom. The molecule has 1 heterocycles. The molecule has 1 N–H and O–H groups in total. The number of halogens is 8. The van der Waals surface area contributed by atoms with Crippen LogP contribution in [-0.4, -0.2) is 35.5 Å². The molecule has 2 fully saturated rings. The molecule has 9 heteroatoms. The third-order valence-electron chi connectivity index (χ3n) is 3.44. The first-order valence-corrected chi connectivity index (χ1v) is 5.15. The Kier molecular flexibility index (Phi) is 2.64. The Bertz CT molecular complexity index is 311. The molecule has 17 heavy (non-hydrogen) atoms. The average molecular weight is 286 g/mol. The molecular weight excluding hydrogens is 279 g/mol. The molecule has 100 valence electrons. The van der Waals surface area contributed by atoms with Crippen molar-refractivity contribution in [1.29, 1.82) is 0 Å². The topological polar surface area (TPSA) is 12.0 Å². The van der Waals surface area contributed by atoms with E-state index in [1.54, 1.807) is 0 Å². The Morgan fingerprint density at radius 2 is 1.53 bits per heavy atom. The molecular formula is C8H7ClF7N. The van der Waals surface area contributed by atoms with Gasteiger partial charge in [0.05, 0.1) is 11.4 Å². The van der Waals surface area contributed by atoms with Gasteiger partial charge in [0.15, 0.2) is 0 Å². The molecule has 0 unspecified atom stereocenters. The summed E-state index contributed by atoms with van der Waals surface area (Å²) >= 11 is 5.46. The molecule has 2 aliphatic rings. The third kappa shape index (κ3) is 1.49. The lowest BCUT2D eigenvalue weighted by molar-refractivity contribution is -0.320. The quantitative estimate of drug-likeness (QED) is 0.533. The molecule has 2 bridgehead atoms. The van der Waals surface area contributed by atoms with E-state index >= 15 is 0 Å². The highest BCUT2D eigenvalue weighted by Gasteiger charge is 2.81.